The number of ether oxygens (including phenoxy) is 2. The first-order chi connectivity index (χ1) is 13.5. The molecule has 1 aromatic heterocycles. The van der Waals surface area contributed by atoms with Crippen molar-refractivity contribution >= 4 is 17.2 Å². The van der Waals surface area contributed by atoms with E-state index in [2.05, 4.69) is 9.88 Å². The molecule has 0 radical (unpaired) electrons. The highest BCUT2D eigenvalue weighted by atomic mass is 32.1. The molecule has 1 unspecified atom stereocenters. The number of benzene rings is 1. The van der Waals surface area contributed by atoms with Gasteiger partial charge in [0.1, 0.15) is 5.01 Å². The van der Waals surface area contributed by atoms with E-state index in [1.165, 1.54) is 6.07 Å². The Balaban J connectivity index is 1.49. The summed E-state index contributed by atoms with van der Waals surface area (Å²) in [4.78, 5) is 21.0. The van der Waals surface area contributed by atoms with Crippen molar-refractivity contribution in [3.05, 3.63) is 52.0 Å². The van der Waals surface area contributed by atoms with Crippen LogP contribution in [0.3, 0.4) is 0 Å². The number of rotatable bonds is 3. The Morgan fingerprint density at radius 1 is 1.18 bits per heavy atom. The topological polar surface area (TPSA) is 54.9 Å². The molecular formula is C19H21F2N3O3S. The van der Waals surface area contributed by atoms with E-state index in [1.54, 1.807) is 22.4 Å². The van der Waals surface area contributed by atoms with Gasteiger partial charge in [-0.1, -0.05) is 0 Å². The highest BCUT2D eigenvalue weighted by molar-refractivity contribution is 7.09. The Labute approximate surface area is 165 Å². The van der Waals surface area contributed by atoms with Gasteiger partial charge in [-0.3, -0.25) is 9.69 Å². The summed E-state index contributed by atoms with van der Waals surface area (Å²) in [5.74, 6) is -3.30. The van der Waals surface area contributed by atoms with Crippen LogP contribution in [0.1, 0.15) is 21.8 Å². The van der Waals surface area contributed by atoms with Crippen molar-refractivity contribution in [2.24, 2.45) is 0 Å². The largest absolute Gasteiger partial charge is 0.347 e. The fourth-order valence-electron chi connectivity index (χ4n) is 3.59. The summed E-state index contributed by atoms with van der Waals surface area (Å²) in [6, 6.07) is 3.20. The van der Waals surface area contributed by atoms with Crippen LogP contribution in [-0.4, -0.2) is 65.9 Å². The summed E-state index contributed by atoms with van der Waals surface area (Å²) < 4.78 is 38.7. The second-order valence-corrected chi connectivity index (χ2v) is 7.93. The van der Waals surface area contributed by atoms with Crippen LogP contribution in [-0.2, 0) is 16.0 Å². The molecule has 28 heavy (non-hydrogen) atoms. The molecule has 1 aromatic carbocycles. The molecule has 1 spiro atoms. The molecule has 3 heterocycles. The molecule has 150 valence electrons. The SMILES string of the molecule is O=C(c1ccc(F)c(F)c1)N1CCOC2(CN(Cc3nccs3)CCCO2)C1. The third-order valence-electron chi connectivity index (χ3n) is 4.90. The van der Waals surface area contributed by atoms with E-state index in [1.807, 2.05) is 5.38 Å². The summed E-state index contributed by atoms with van der Waals surface area (Å²) in [6.07, 6.45) is 2.64. The van der Waals surface area contributed by atoms with Crippen molar-refractivity contribution in [1.29, 1.82) is 0 Å². The summed E-state index contributed by atoms with van der Waals surface area (Å²) in [7, 11) is 0. The number of hydrogen-bond donors (Lipinski definition) is 0. The molecular weight excluding hydrogens is 388 g/mol. The highest BCUT2D eigenvalue weighted by Crippen LogP contribution is 2.26. The van der Waals surface area contributed by atoms with E-state index < -0.39 is 17.4 Å². The Morgan fingerprint density at radius 2 is 2.04 bits per heavy atom. The third kappa shape index (κ3) is 4.22. The first kappa shape index (κ1) is 19.4. The summed E-state index contributed by atoms with van der Waals surface area (Å²) in [6.45, 7) is 3.51. The van der Waals surface area contributed by atoms with E-state index in [9.17, 15) is 13.6 Å². The lowest BCUT2D eigenvalue weighted by atomic mass is 10.1. The summed E-state index contributed by atoms with van der Waals surface area (Å²) in [5, 5.41) is 2.96. The Morgan fingerprint density at radius 3 is 2.82 bits per heavy atom. The average Bonchev–Trinajstić information content (AvgIpc) is 3.12. The lowest BCUT2D eigenvalue weighted by Crippen LogP contribution is -2.59. The summed E-state index contributed by atoms with van der Waals surface area (Å²) in [5.41, 5.74) is 0.115. The maximum Gasteiger partial charge on any atom is 0.254 e. The fourth-order valence-corrected chi connectivity index (χ4v) is 4.25. The van der Waals surface area contributed by atoms with Gasteiger partial charge in [-0.2, -0.15) is 0 Å². The Hall–Kier alpha value is -1.94. The molecule has 0 N–H and O–H groups in total. The number of carbonyl (C=O) groups excluding carboxylic acids is 1. The van der Waals surface area contributed by atoms with Gasteiger partial charge in [0.15, 0.2) is 17.4 Å². The van der Waals surface area contributed by atoms with Crippen LogP contribution >= 0.6 is 11.3 Å². The van der Waals surface area contributed by atoms with Gasteiger partial charge < -0.3 is 14.4 Å². The molecule has 2 saturated heterocycles. The predicted molar refractivity (Wildman–Crippen MR) is 98.9 cm³/mol. The average molecular weight is 409 g/mol. The second-order valence-electron chi connectivity index (χ2n) is 6.95. The molecule has 0 saturated carbocycles. The quantitative estimate of drug-likeness (QED) is 0.780. The van der Waals surface area contributed by atoms with Crippen molar-refractivity contribution in [3.8, 4) is 0 Å². The van der Waals surface area contributed by atoms with Crippen LogP contribution < -0.4 is 0 Å². The number of thiazole rings is 1. The minimum Gasteiger partial charge on any atom is -0.347 e. The van der Waals surface area contributed by atoms with Crippen LogP contribution in [0.15, 0.2) is 29.8 Å². The van der Waals surface area contributed by atoms with Crippen molar-refractivity contribution in [2.75, 3.05) is 39.4 Å². The van der Waals surface area contributed by atoms with Crippen molar-refractivity contribution in [3.63, 3.8) is 0 Å². The molecule has 4 rings (SSSR count). The second kappa shape index (κ2) is 8.20. The van der Waals surface area contributed by atoms with Gasteiger partial charge in [-0.15, -0.1) is 11.3 Å². The highest BCUT2D eigenvalue weighted by Gasteiger charge is 2.42. The smallest absolute Gasteiger partial charge is 0.254 e. The molecule has 2 aliphatic heterocycles. The third-order valence-corrected chi connectivity index (χ3v) is 5.67. The first-order valence-corrected chi connectivity index (χ1v) is 10.1. The molecule has 9 heteroatoms. The van der Waals surface area contributed by atoms with Crippen LogP contribution in [0, 0.1) is 11.6 Å². The summed E-state index contributed by atoms with van der Waals surface area (Å²) >= 11 is 1.60. The zero-order chi connectivity index (χ0) is 19.6. The van der Waals surface area contributed by atoms with E-state index in [4.69, 9.17) is 9.47 Å². The van der Waals surface area contributed by atoms with Gasteiger partial charge in [0.2, 0.25) is 0 Å². The van der Waals surface area contributed by atoms with Crippen LogP contribution in [0.4, 0.5) is 8.78 Å². The standard InChI is InChI=1S/C19H21F2N3O3S/c20-15-3-2-14(10-16(15)21)18(25)24-6-8-27-19(13-24)12-23(5-1-7-26-19)11-17-22-4-9-28-17/h2-4,9-10H,1,5-8,11-13H2. The van der Waals surface area contributed by atoms with Crippen LogP contribution in [0.25, 0.3) is 0 Å². The predicted octanol–water partition coefficient (Wildman–Crippen LogP) is 2.51. The van der Waals surface area contributed by atoms with E-state index in [0.29, 0.717) is 32.8 Å². The number of carbonyl (C=O) groups is 1. The minimum absolute atomic E-state index is 0.115. The monoisotopic (exact) mass is 409 g/mol. The van der Waals surface area contributed by atoms with E-state index in [-0.39, 0.29) is 18.0 Å². The zero-order valence-electron chi connectivity index (χ0n) is 15.3. The molecule has 2 aromatic rings. The van der Waals surface area contributed by atoms with Crippen molar-refractivity contribution < 1.29 is 23.0 Å². The van der Waals surface area contributed by atoms with Crippen LogP contribution in [0.2, 0.25) is 0 Å². The number of aromatic nitrogens is 1. The van der Waals surface area contributed by atoms with Gasteiger partial charge in [-0.25, -0.2) is 13.8 Å². The van der Waals surface area contributed by atoms with Crippen molar-refractivity contribution in [1.82, 2.24) is 14.8 Å². The number of hydrogen-bond acceptors (Lipinski definition) is 6. The Kier molecular flexibility index (Phi) is 5.68. The first-order valence-electron chi connectivity index (χ1n) is 9.18. The molecule has 0 aliphatic carbocycles. The van der Waals surface area contributed by atoms with Gasteiger partial charge in [0.05, 0.1) is 32.8 Å². The molecule has 0 bridgehead atoms. The number of halogens is 2. The van der Waals surface area contributed by atoms with Gasteiger partial charge >= 0.3 is 0 Å². The van der Waals surface area contributed by atoms with Gasteiger partial charge in [0, 0.05) is 30.2 Å². The van der Waals surface area contributed by atoms with E-state index in [0.717, 1.165) is 30.1 Å². The maximum atomic E-state index is 13.5. The lowest BCUT2D eigenvalue weighted by Gasteiger charge is -2.43. The number of morpholine rings is 1. The zero-order valence-corrected chi connectivity index (χ0v) is 16.1. The molecule has 1 amide bonds. The lowest BCUT2D eigenvalue weighted by molar-refractivity contribution is -0.261. The molecule has 1 atom stereocenters. The number of amides is 1. The van der Waals surface area contributed by atoms with Gasteiger partial charge in [-0.05, 0) is 24.6 Å². The molecule has 2 aliphatic rings. The molecule has 6 nitrogen and oxygen atoms in total. The fraction of sp³-hybridized carbons (Fsp3) is 0.474. The maximum absolute atomic E-state index is 13.5. The van der Waals surface area contributed by atoms with Gasteiger partial charge in [0.25, 0.3) is 5.91 Å². The Bertz CT molecular complexity index is 836. The molecule has 2 fully saturated rings. The van der Waals surface area contributed by atoms with Crippen LogP contribution in [0.5, 0.6) is 0 Å². The van der Waals surface area contributed by atoms with Crippen molar-refractivity contribution in [2.45, 2.75) is 18.8 Å². The normalized spacial score (nSPS) is 23.7. The minimum atomic E-state index is -1.03. The number of nitrogens with zero attached hydrogens (tertiary/aromatic N) is 3. The van der Waals surface area contributed by atoms with E-state index >= 15 is 0 Å².